The van der Waals surface area contributed by atoms with E-state index in [4.69, 9.17) is 14.2 Å². The zero-order valence-electron chi connectivity index (χ0n) is 21.2. The number of rotatable bonds is 9. The topological polar surface area (TPSA) is 79.8 Å². The van der Waals surface area contributed by atoms with Crippen LogP contribution < -0.4 is 14.2 Å². The minimum Gasteiger partial charge on any atom is -0.489 e. The highest BCUT2D eigenvalue weighted by molar-refractivity contribution is 5.79. The first-order chi connectivity index (χ1) is 18.1. The van der Waals surface area contributed by atoms with Gasteiger partial charge in [-0.1, -0.05) is 0 Å². The smallest absolute Gasteiger partial charge is 0.489 e. The molecule has 0 spiro atoms. The molecule has 2 aromatic carbocycles. The van der Waals surface area contributed by atoms with Crippen molar-refractivity contribution in [3.63, 3.8) is 0 Å². The van der Waals surface area contributed by atoms with Gasteiger partial charge >= 0.3 is 18.5 Å². The number of esters is 1. The van der Waals surface area contributed by atoms with Crippen LogP contribution in [0.5, 0.6) is 17.2 Å². The van der Waals surface area contributed by atoms with Gasteiger partial charge in [-0.05, 0) is 75.7 Å². The van der Waals surface area contributed by atoms with Gasteiger partial charge in [0.25, 0.3) is 0 Å². The Labute approximate surface area is 219 Å². The van der Waals surface area contributed by atoms with Gasteiger partial charge in [0.1, 0.15) is 23.9 Å². The lowest BCUT2D eigenvalue weighted by Gasteiger charge is -2.25. The number of benzene rings is 2. The average Bonchev–Trinajstić information content (AvgIpc) is 2.83. The second-order valence-corrected chi connectivity index (χ2v) is 8.69. The number of ether oxygens (including phenoxy) is 4. The summed E-state index contributed by atoms with van der Waals surface area (Å²) < 4.78 is 98.4. The molecule has 3 rings (SSSR count). The summed E-state index contributed by atoms with van der Waals surface area (Å²) in [6.45, 7) is 6.09. The monoisotopic (exact) mass is 558 g/mol. The van der Waals surface area contributed by atoms with Gasteiger partial charge in [-0.2, -0.15) is 13.2 Å². The lowest BCUT2D eigenvalue weighted by molar-refractivity contribution is -0.274. The van der Waals surface area contributed by atoms with Crippen molar-refractivity contribution < 1.29 is 50.1 Å². The number of carbonyl (C=O) groups excluding carboxylic acids is 1. The molecule has 0 radical (unpaired) electrons. The molecule has 7 nitrogen and oxygen atoms in total. The lowest BCUT2D eigenvalue weighted by Crippen LogP contribution is -2.39. The largest absolute Gasteiger partial charge is 0.573 e. The molecule has 1 heterocycles. The molecule has 0 aliphatic rings. The highest BCUT2D eigenvalue weighted by Gasteiger charge is 2.37. The normalized spacial score (nSPS) is 12.2. The SMILES string of the molecule is CCOC(=O)C(C)(C)Oc1ccc(OCc2cnc(-c3ccc(OC(F)(F)F)cc3)nc2C(F)(F)F)cc1C. The zero-order valence-corrected chi connectivity index (χ0v) is 21.2. The number of nitrogens with zero attached hydrogens (tertiary/aromatic N) is 2. The Bertz CT molecular complexity index is 1310. The van der Waals surface area contributed by atoms with E-state index in [9.17, 15) is 31.1 Å². The first kappa shape index (κ1) is 29.5. The number of aromatic nitrogens is 2. The Morgan fingerprint density at radius 3 is 2.13 bits per heavy atom. The third-order valence-electron chi connectivity index (χ3n) is 5.15. The standard InChI is InChI=1S/C26H24F6N2O5/c1-5-36-23(35)24(3,4)39-20-11-10-19(12-15(20)2)37-14-17-13-33-22(34-21(17)25(27,28)29)16-6-8-18(9-7-16)38-26(30,31)32/h6-13H,5,14H2,1-4H3. The van der Waals surface area contributed by atoms with Crippen molar-refractivity contribution in [3.8, 4) is 28.6 Å². The maximum atomic E-state index is 13.8. The van der Waals surface area contributed by atoms with Crippen LogP contribution in [0.4, 0.5) is 26.3 Å². The molecule has 0 aliphatic heterocycles. The highest BCUT2D eigenvalue weighted by atomic mass is 19.4. The van der Waals surface area contributed by atoms with E-state index in [0.29, 0.717) is 11.3 Å². The summed E-state index contributed by atoms with van der Waals surface area (Å²) in [7, 11) is 0. The van der Waals surface area contributed by atoms with E-state index < -0.39 is 42.2 Å². The molecule has 3 aromatic rings. The predicted molar refractivity (Wildman–Crippen MR) is 126 cm³/mol. The summed E-state index contributed by atoms with van der Waals surface area (Å²) in [6, 6.07) is 8.63. The number of halogens is 6. The molecule has 0 unspecified atom stereocenters. The van der Waals surface area contributed by atoms with Gasteiger partial charge < -0.3 is 18.9 Å². The molecular formula is C26H24F6N2O5. The lowest BCUT2D eigenvalue weighted by atomic mass is 10.1. The Hall–Kier alpha value is -4.03. The number of carbonyl (C=O) groups is 1. The number of alkyl halides is 6. The summed E-state index contributed by atoms with van der Waals surface area (Å²) in [5.41, 5.74) is -2.26. The quantitative estimate of drug-likeness (QED) is 0.214. The summed E-state index contributed by atoms with van der Waals surface area (Å²) in [6.07, 6.45) is -8.83. The first-order valence-corrected chi connectivity index (χ1v) is 11.5. The average molecular weight is 558 g/mol. The van der Waals surface area contributed by atoms with E-state index in [2.05, 4.69) is 14.7 Å². The van der Waals surface area contributed by atoms with Crippen LogP contribution in [0.1, 0.15) is 37.6 Å². The van der Waals surface area contributed by atoms with Gasteiger partial charge in [0.2, 0.25) is 0 Å². The van der Waals surface area contributed by atoms with Gasteiger partial charge in [-0.25, -0.2) is 14.8 Å². The van der Waals surface area contributed by atoms with E-state index in [0.717, 1.165) is 30.5 Å². The Kier molecular flexibility index (Phi) is 8.61. The Morgan fingerprint density at radius 2 is 1.56 bits per heavy atom. The van der Waals surface area contributed by atoms with Crippen LogP contribution in [0, 0.1) is 6.92 Å². The molecule has 1 aromatic heterocycles. The van der Waals surface area contributed by atoms with E-state index in [-0.39, 0.29) is 29.3 Å². The van der Waals surface area contributed by atoms with Crippen LogP contribution in [0.2, 0.25) is 0 Å². The number of hydrogen-bond acceptors (Lipinski definition) is 7. The molecule has 0 aliphatic carbocycles. The van der Waals surface area contributed by atoms with Crippen molar-refractivity contribution in [2.24, 2.45) is 0 Å². The third-order valence-corrected chi connectivity index (χ3v) is 5.15. The third kappa shape index (κ3) is 7.98. The van der Waals surface area contributed by atoms with E-state index in [1.165, 1.54) is 18.2 Å². The second kappa shape index (κ2) is 11.4. The fraction of sp³-hybridized carbons (Fsp3) is 0.346. The number of aryl methyl sites for hydroxylation is 1. The van der Waals surface area contributed by atoms with Crippen molar-refractivity contribution in [3.05, 3.63) is 65.5 Å². The molecule has 0 saturated carbocycles. The molecule has 210 valence electrons. The molecular weight excluding hydrogens is 534 g/mol. The van der Waals surface area contributed by atoms with Crippen LogP contribution in [-0.4, -0.2) is 34.5 Å². The molecule has 0 atom stereocenters. The Morgan fingerprint density at radius 1 is 0.923 bits per heavy atom. The molecule has 0 amide bonds. The van der Waals surface area contributed by atoms with Crippen molar-refractivity contribution >= 4 is 5.97 Å². The van der Waals surface area contributed by atoms with Crippen molar-refractivity contribution in [1.82, 2.24) is 9.97 Å². The van der Waals surface area contributed by atoms with E-state index in [1.807, 2.05) is 0 Å². The van der Waals surface area contributed by atoms with Gasteiger partial charge in [0.15, 0.2) is 17.1 Å². The van der Waals surface area contributed by atoms with Gasteiger partial charge in [0.05, 0.1) is 6.61 Å². The van der Waals surface area contributed by atoms with Gasteiger partial charge in [-0.15, -0.1) is 13.2 Å². The molecule has 0 fully saturated rings. The fourth-order valence-electron chi connectivity index (χ4n) is 3.31. The van der Waals surface area contributed by atoms with Crippen LogP contribution >= 0.6 is 0 Å². The van der Waals surface area contributed by atoms with E-state index in [1.54, 1.807) is 27.7 Å². The van der Waals surface area contributed by atoms with Crippen molar-refractivity contribution in [1.29, 1.82) is 0 Å². The molecule has 0 saturated heterocycles. The van der Waals surface area contributed by atoms with Crippen molar-refractivity contribution in [2.75, 3.05) is 6.61 Å². The minimum absolute atomic E-state index is 0.0550. The van der Waals surface area contributed by atoms with Crippen LogP contribution in [-0.2, 0) is 22.3 Å². The minimum atomic E-state index is -4.91. The maximum absolute atomic E-state index is 13.8. The molecule has 0 N–H and O–H groups in total. The second-order valence-electron chi connectivity index (χ2n) is 8.69. The van der Waals surface area contributed by atoms with Crippen LogP contribution in [0.3, 0.4) is 0 Å². The summed E-state index contributed by atoms with van der Waals surface area (Å²) >= 11 is 0. The van der Waals surface area contributed by atoms with Gasteiger partial charge in [0, 0.05) is 17.3 Å². The zero-order chi connectivity index (χ0) is 29.0. The first-order valence-electron chi connectivity index (χ1n) is 11.5. The highest BCUT2D eigenvalue weighted by Crippen LogP contribution is 2.34. The molecule has 39 heavy (non-hydrogen) atoms. The van der Waals surface area contributed by atoms with E-state index >= 15 is 0 Å². The predicted octanol–water partition coefficient (Wildman–Crippen LogP) is 6.67. The van der Waals surface area contributed by atoms with Crippen molar-refractivity contribution in [2.45, 2.75) is 52.4 Å². The molecule has 13 heteroatoms. The summed E-state index contributed by atoms with van der Waals surface area (Å²) in [5, 5.41) is 0. The van der Waals surface area contributed by atoms with Crippen LogP contribution in [0.25, 0.3) is 11.4 Å². The summed E-state index contributed by atoms with van der Waals surface area (Å²) in [4.78, 5) is 19.6. The number of hydrogen-bond donors (Lipinski definition) is 0. The maximum Gasteiger partial charge on any atom is 0.573 e. The van der Waals surface area contributed by atoms with Gasteiger partial charge in [-0.3, -0.25) is 0 Å². The Balaban J connectivity index is 1.77. The fourth-order valence-corrected chi connectivity index (χ4v) is 3.31. The molecule has 0 bridgehead atoms. The summed E-state index contributed by atoms with van der Waals surface area (Å²) in [5.74, 6) is -0.852. The van der Waals surface area contributed by atoms with Crippen LogP contribution in [0.15, 0.2) is 48.7 Å².